The highest BCUT2D eigenvalue weighted by molar-refractivity contribution is 6.01. The van der Waals surface area contributed by atoms with Crippen LogP contribution in [-0.4, -0.2) is 29.9 Å². The fourth-order valence-corrected chi connectivity index (χ4v) is 4.04. The molecule has 0 radical (unpaired) electrons. The van der Waals surface area contributed by atoms with Crippen LogP contribution < -0.4 is 10.2 Å². The van der Waals surface area contributed by atoms with Gasteiger partial charge in [-0.1, -0.05) is 36.8 Å². The van der Waals surface area contributed by atoms with Crippen molar-refractivity contribution in [2.45, 2.75) is 46.1 Å². The van der Waals surface area contributed by atoms with E-state index in [9.17, 15) is 9.59 Å². The molecule has 0 unspecified atom stereocenters. The van der Waals surface area contributed by atoms with Gasteiger partial charge in [0.15, 0.2) is 0 Å². The molecule has 2 aromatic carbocycles. The van der Waals surface area contributed by atoms with Crippen molar-refractivity contribution in [2.24, 2.45) is 5.92 Å². The van der Waals surface area contributed by atoms with Gasteiger partial charge in [-0.25, -0.2) is 4.79 Å². The average Bonchev–Trinajstić information content (AvgIpc) is 2.64. The third-order valence-corrected chi connectivity index (χ3v) is 6.11. The fraction of sp³-hybridized carbons (Fsp3) is 0.417. The molecule has 2 fully saturated rings. The van der Waals surface area contributed by atoms with Crippen molar-refractivity contribution in [3.63, 3.8) is 0 Å². The normalized spacial score (nSPS) is 17.2. The Morgan fingerprint density at radius 2 is 1.86 bits per heavy atom. The zero-order valence-electron chi connectivity index (χ0n) is 17.3. The van der Waals surface area contributed by atoms with Crippen LogP contribution in [0.15, 0.2) is 42.5 Å². The van der Waals surface area contributed by atoms with Crippen LogP contribution in [0.25, 0.3) is 0 Å². The summed E-state index contributed by atoms with van der Waals surface area (Å²) in [7, 11) is 0. The van der Waals surface area contributed by atoms with Crippen LogP contribution in [0.4, 0.5) is 16.2 Å². The van der Waals surface area contributed by atoms with Gasteiger partial charge in [0.1, 0.15) is 0 Å². The van der Waals surface area contributed by atoms with Gasteiger partial charge >= 0.3 is 6.03 Å². The summed E-state index contributed by atoms with van der Waals surface area (Å²) >= 11 is 0. The average molecular weight is 392 g/mol. The Labute approximate surface area is 172 Å². The lowest BCUT2D eigenvalue weighted by atomic mass is 9.85. The zero-order chi connectivity index (χ0) is 20.4. The number of nitrogens with one attached hydrogen (secondary N) is 1. The van der Waals surface area contributed by atoms with E-state index in [0.717, 1.165) is 49.2 Å². The maximum absolute atomic E-state index is 13.3. The molecule has 1 aliphatic heterocycles. The molecular weight excluding hydrogens is 362 g/mol. The van der Waals surface area contributed by atoms with Crippen molar-refractivity contribution in [1.29, 1.82) is 0 Å². The van der Waals surface area contributed by atoms with Crippen LogP contribution >= 0.6 is 0 Å². The van der Waals surface area contributed by atoms with E-state index in [1.54, 1.807) is 0 Å². The van der Waals surface area contributed by atoms with Gasteiger partial charge in [-0.05, 0) is 61.9 Å². The van der Waals surface area contributed by atoms with E-state index in [2.05, 4.69) is 24.4 Å². The number of amides is 3. The number of aryl methyl sites for hydroxylation is 2. The summed E-state index contributed by atoms with van der Waals surface area (Å²) in [5.41, 5.74) is 4.97. The highest BCUT2D eigenvalue weighted by atomic mass is 16.2. The Morgan fingerprint density at radius 3 is 2.59 bits per heavy atom. The third-order valence-electron chi connectivity index (χ3n) is 6.11. The van der Waals surface area contributed by atoms with E-state index in [4.69, 9.17) is 0 Å². The Morgan fingerprint density at radius 1 is 1.07 bits per heavy atom. The number of anilines is 2. The summed E-state index contributed by atoms with van der Waals surface area (Å²) in [4.78, 5) is 29.6. The van der Waals surface area contributed by atoms with Crippen LogP contribution in [-0.2, 0) is 11.3 Å². The van der Waals surface area contributed by atoms with Crippen LogP contribution in [0.1, 0.15) is 42.4 Å². The molecule has 1 heterocycles. The molecule has 1 aliphatic carbocycles. The number of carbonyl (C=O) groups is 2. The molecule has 1 saturated carbocycles. The summed E-state index contributed by atoms with van der Waals surface area (Å²) < 4.78 is 0. The molecule has 0 atom stereocenters. The summed E-state index contributed by atoms with van der Waals surface area (Å²) in [6.45, 7) is 6.11. The summed E-state index contributed by atoms with van der Waals surface area (Å²) in [6, 6.07) is 14.1. The predicted octanol–water partition coefficient (Wildman–Crippen LogP) is 4.87. The number of nitrogens with zero attached hydrogens (tertiary/aromatic N) is 2. The molecule has 2 aliphatic rings. The first-order valence-electron chi connectivity index (χ1n) is 10.6. The van der Waals surface area contributed by atoms with Gasteiger partial charge in [0.2, 0.25) is 5.91 Å². The lowest BCUT2D eigenvalue weighted by Gasteiger charge is -2.37. The molecule has 0 bridgehead atoms. The van der Waals surface area contributed by atoms with Gasteiger partial charge in [-0.15, -0.1) is 0 Å². The van der Waals surface area contributed by atoms with Gasteiger partial charge < -0.3 is 10.2 Å². The van der Waals surface area contributed by atoms with Crippen LogP contribution in [0.3, 0.4) is 0 Å². The number of hydrogen-bond donors (Lipinski definition) is 1. The predicted molar refractivity (Wildman–Crippen MR) is 116 cm³/mol. The monoisotopic (exact) mass is 391 g/mol. The molecule has 1 saturated heterocycles. The highest BCUT2D eigenvalue weighted by Crippen LogP contribution is 2.33. The van der Waals surface area contributed by atoms with Gasteiger partial charge in [-0.2, -0.15) is 0 Å². The Bertz CT molecular complexity index is 920. The SMILES string of the molecule is Cc1ccc(N2CCCN(Cc3ccccc3C)C2=O)c(NC(=O)C2CCC2)c1. The van der Waals surface area contributed by atoms with E-state index >= 15 is 0 Å². The number of rotatable bonds is 5. The van der Waals surface area contributed by atoms with Gasteiger partial charge in [-0.3, -0.25) is 9.69 Å². The van der Waals surface area contributed by atoms with E-state index in [-0.39, 0.29) is 17.9 Å². The largest absolute Gasteiger partial charge is 0.324 e. The number of hydrogen-bond acceptors (Lipinski definition) is 2. The van der Waals surface area contributed by atoms with E-state index < -0.39 is 0 Å². The molecule has 2 aromatic rings. The third kappa shape index (κ3) is 4.14. The topological polar surface area (TPSA) is 52.6 Å². The second-order valence-electron chi connectivity index (χ2n) is 8.27. The van der Waals surface area contributed by atoms with E-state index in [0.29, 0.717) is 13.1 Å². The molecule has 29 heavy (non-hydrogen) atoms. The van der Waals surface area contributed by atoms with Gasteiger partial charge in [0.25, 0.3) is 0 Å². The van der Waals surface area contributed by atoms with Crippen molar-refractivity contribution >= 4 is 23.3 Å². The molecule has 4 rings (SSSR count). The zero-order valence-corrected chi connectivity index (χ0v) is 17.3. The quantitative estimate of drug-likeness (QED) is 0.790. The molecule has 0 aromatic heterocycles. The maximum atomic E-state index is 13.3. The fourth-order valence-electron chi connectivity index (χ4n) is 4.04. The minimum absolute atomic E-state index is 0.00231. The first-order chi connectivity index (χ1) is 14.0. The summed E-state index contributed by atoms with van der Waals surface area (Å²) in [5, 5.41) is 3.09. The lowest BCUT2D eigenvalue weighted by molar-refractivity contribution is -0.122. The molecule has 0 spiro atoms. The first-order valence-corrected chi connectivity index (χ1v) is 10.6. The Hall–Kier alpha value is -2.82. The number of carbonyl (C=O) groups excluding carboxylic acids is 2. The molecular formula is C24H29N3O2. The lowest BCUT2D eigenvalue weighted by Crippen LogP contribution is -2.49. The minimum atomic E-state index is 0.00231. The van der Waals surface area contributed by atoms with Crippen molar-refractivity contribution in [2.75, 3.05) is 23.3 Å². The van der Waals surface area contributed by atoms with E-state index in [1.165, 1.54) is 11.1 Å². The van der Waals surface area contributed by atoms with Gasteiger partial charge in [0, 0.05) is 25.6 Å². The van der Waals surface area contributed by atoms with Crippen molar-refractivity contribution in [3.05, 3.63) is 59.2 Å². The Kier molecular flexibility index (Phi) is 5.56. The molecule has 3 amide bonds. The molecule has 1 N–H and O–H groups in total. The number of urea groups is 1. The highest BCUT2D eigenvalue weighted by Gasteiger charge is 2.30. The summed E-state index contributed by atoms with van der Waals surface area (Å²) in [6.07, 6.45) is 3.94. The standard InChI is InChI=1S/C24H29N3O2/c1-17-11-12-22(21(15-17)25-23(28)19-9-5-10-19)27-14-6-13-26(24(27)29)16-20-8-4-3-7-18(20)2/h3-4,7-8,11-12,15,19H,5-6,9-10,13-14,16H2,1-2H3,(H,25,28). The van der Waals surface area contributed by atoms with E-state index in [1.807, 2.05) is 47.1 Å². The maximum Gasteiger partial charge on any atom is 0.324 e. The second kappa shape index (κ2) is 8.27. The smallest absolute Gasteiger partial charge is 0.324 e. The van der Waals surface area contributed by atoms with Crippen LogP contribution in [0.5, 0.6) is 0 Å². The van der Waals surface area contributed by atoms with Crippen LogP contribution in [0, 0.1) is 19.8 Å². The van der Waals surface area contributed by atoms with Crippen LogP contribution in [0.2, 0.25) is 0 Å². The molecule has 152 valence electrons. The molecule has 5 nitrogen and oxygen atoms in total. The van der Waals surface area contributed by atoms with Crippen molar-refractivity contribution in [1.82, 2.24) is 4.90 Å². The Balaban J connectivity index is 1.56. The minimum Gasteiger partial charge on any atom is -0.324 e. The number of benzene rings is 2. The second-order valence-corrected chi connectivity index (χ2v) is 8.27. The van der Waals surface area contributed by atoms with Gasteiger partial charge in [0.05, 0.1) is 11.4 Å². The van der Waals surface area contributed by atoms with Crippen molar-refractivity contribution < 1.29 is 9.59 Å². The summed E-state index contributed by atoms with van der Waals surface area (Å²) in [5.74, 6) is 0.183. The van der Waals surface area contributed by atoms with Crippen molar-refractivity contribution in [3.8, 4) is 0 Å². The molecule has 5 heteroatoms. The first kappa shape index (κ1) is 19.5.